The van der Waals surface area contributed by atoms with Crippen LogP contribution in [0.5, 0.6) is 0 Å². The van der Waals surface area contributed by atoms with E-state index in [1.807, 2.05) is 11.0 Å². The van der Waals surface area contributed by atoms with E-state index in [0.717, 1.165) is 37.0 Å². The maximum Gasteiger partial charge on any atom is 0.273 e. The first-order chi connectivity index (χ1) is 10.5. The van der Waals surface area contributed by atoms with Gasteiger partial charge in [-0.05, 0) is 28.5 Å². The summed E-state index contributed by atoms with van der Waals surface area (Å²) in [5, 5.41) is 5.30. The number of hydrogen-bond donors (Lipinski definition) is 1. The first-order valence-electron chi connectivity index (χ1n) is 7.86. The van der Waals surface area contributed by atoms with Gasteiger partial charge in [0.2, 0.25) is 0 Å². The number of piperazine rings is 1. The van der Waals surface area contributed by atoms with E-state index in [-0.39, 0.29) is 11.3 Å². The predicted molar refractivity (Wildman–Crippen MR) is 89.2 cm³/mol. The molecular weight excluding hydrogens is 274 g/mol. The molecule has 1 fully saturated rings. The average molecular weight is 297 g/mol. The number of nitrogens with zero attached hydrogens (tertiary/aromatic N) is 2. The van der Waals surface area contributed by atoms with Crippen LogP contribution in [0.1, 0.15) is 36.8 Å². The minimum Gasteiger partial charge on any atom is -0.335 e. The molecule has 0 aliphatic carbocycles. The van der Waals surface area contributed by atoms with Crippen LogP contribution in [-0.4, -0.2) is 42.0 Å². The van der Waals surface area contributed by atoms with Gasteiger partial charge in [0, 0.05) is 37.8 Å². The molecule has 0 radical (unpaired) electrons. The van der Waals surface area contributed by atoms with Gasteiger partial charge >= 0.3 is 0 Å². The lowest BCUT2D eigenvalue weighted by Crippen LogP contribution is -2.46. The van der Waals surface area contributed by atoms with Gasteiger partial charge in [-0.15, -0.1) is 0 Å². The Balaban J connectivity index is 2.06. The number of carbonyl (C=O) groups excluding carboxylic acids is 1. The van der Waals surface area contributed by atoms with Gasteiger partial charge < -0.3 is 10.2 Å². The number of rotatable bonds is 1. The fraction of sp³-hybridized carbons (Fsp3) is 0.444. The van der Waals surface area contributed by atoms with Crippen molar-refractivity contribution in [3.05, 3.63) is 41.7 Å². The highest BCUT2D eigenvalue weighted by molar-refractivity contribution is 6.05. The molecule has 1 aliphatic rings. The number of amides is 1. The van der Waals surface area contributed by atoms with Gasteiger partial charge in [0.1, 0.15) is 5.69 Å². The monoisotopic (exact) mass is 297 g/mol. The second-order valence-electron chi connectivity index (χ2n) is 6.89. The van der Waals surface area contributed by atoms with Gasteiger partial charge in [-0.2, -0.15) is 0 Å². The van der Waals surface area contributed by atoms with Crippen LogP contribution in [0.4, 0.5) is 0 Å². The fourth-order valence-electron chi connectivity index (χ4n) is 2.82. The third kappa shape index (κ3) is 2.83. The Kier molecular flexibility index (Phi) is 3.87. The van der Waals surface area contributed by atoms with E-state index < -0.39 is 0 Å². The van der Waals surface area contributed by atoms with Gasteiger partial charge in [0.15, 0.2) is 0 Å². The smallest absolute Gasteiger partial charge is 0.273 e. The normalized spacial score (nSPS) is 16.0. The first-order valence-corrected chi connectivity index (χ1v) is 7.86. The highest BCUT2D eigenvalue weighted by Gasteiger charge is 2.22. The minimum absolute atomic E-state index is 0.0400. The van der Waals surface area contributed by atoms with Crippen LogP contribution in [0.2, 0.25) is 0 Å². The maximum atomic E-state index is 12.8. The number of nitrogens with one attached hydrogen (secondary N) is 1. The summed E-state index contributed by atoms with van der Waals surface area (Å²) in [7, 11) is 0. The van der Waals surface area contributed by atoms with Crippen molar-refractivity contribution in [1.82, 2.24) is 15.2 Å². The van der Waals surface area contributed by atoms with E-state index in [2.05, 4.69) is 49.3 Å². The molecular formula is C18H23N3O. The number of fused-ring (bicyclic) bond motifs is 1. The van der Waals surface area contributed by atoms with E-state index in [1.54, 1.807) is 6.20 Å². The van der Waals surface area contributed by atoms with Crippen molar-refractivity contribution in [2.75, 3.05) is 26.2 Å². The number of benzene rings is 1. The lowest BCUT2D eigenvalue weighted by Gasteiger charge is -2.27. The minimum atomic E-state index is 0.0400. The topological polar surface area (TPSA) is 45.2 Å². The molecule has 0 saturated carbocycles. The molecule has 1 aromatic carbocycles. The Morgan fingerprint density at radius 2 is 1.91 bits per heavy atom. The molecule has 1 saturated heterocycles. The summed E-state index contributed by atoms with van der Waals surface area (Å²) in [6, 6.07) is 8.32. The third-order valence-electron chi connectivity index (χ3n) is 4.24. The second-order valence-corrected chi connectivity index (χ2v) is 6.89. The summed E-state index contributed by atoms with van der Waals surface area (Å²) in [4.78, 5) is 19.1. The molecule has 116 valence electrons. The zero-order valence-corrected chi connectivity index (χ0v) is 13.5. The predicted octanol–water partition coefficient (Wildman–Crippen LogP) is 2.58. The van der Waals surface area contributed by atoms with Gasteiger partial charge in [0.25, 0.3) is 5.91 Å². The molecule has 1 N–H and O–H groups in total. The maximum absolute atomic E-state index is 12.8. The van der Waals surface area contributed by atoms with Crippen LogP contribution in [0.3, 0.4) is 0 Å². The molecule has 0 unspecified atom stereocenters. The number of carbonyl (C=O) groups is 1. The summed E-state index contributed by atoms with van der Waals surface area (Å²) in [6.45, 7) is 9.74. The lowest BCUT2D eigenvalue weighted by atomic mass is 9.86. The quantitative estimate of drug-likeness (QED) is 0.880. The van der Waals surface area contributed by atoms with E-state index in [0.29, 0.717) is 5.69 Å². The Labute approximate surface area is 131 Å². The van der Waals surface area contributed by atoms with E-state index in [9.17, 15) is 4.79 Å². The van der Waals surface area contributed by atoms with Crippen molar-refractivity contribution in [2.45, 2.75) is 26.2 Å². The Morgan fingerprint density at radius 3 is 2.59 bits per heavy atom. The fourth-order valence-corrected chi connectivity index (χ4v) is 2.82. The molecule has 0 spiro atoms. The second kappa shape index (κ2) is 5.69. The first kappa shape index (κ1) is 15.0. The molecule has 1 aliphatic heterocycles. The van der Waals surface area contributed by atoms with E-state index >= 15 is 0 Å². The third-order valence-corrected chi connectivity index (χ3v) is 4.24. The SMILES string of the molecule is CC(C)(C)c1ccc2ccnc(C(=O)N3CCNCC3)c2c1. The van der Waals surface area contributed by atoms with Crippen molar-refractivity contribution in [3.8, 4) is 0 Å². The summed E-state index contributed by atoms with van der Waals surface area (Å²) in [5.74, 6) is 0.0400. The van der Waals surface area contributed by atoms with Crippen molar-refractivity contribution >= 4 is 16.7 Å². The Bertz CT molecular complexity index is 697. The molecule has 4 heteroatoms. The molecule has 22 heavy (non-hydrogen) atoms. The molecule has 0 atom stereocenters. The van der Waals surface area contributed by atoms with Gasteiger partial charge in [-0.25, -0.2) is 0 Å². The van der Waals surface area contributed by atoms with Gasteiger partial charge in [-0.1, -0.05) is 32.9 Å². The summed E-state index contributed by atoms with van der Waals surface area (Å²) >= 11 is 0. The highest BCUT2D eigenvalue weighted by Crippen LogP contribution is 2.27. The van der Waals surface area contributed by atoms with Crippen molar-refractivity contribution in [2.24, 2.45) is 0 Å². The zero-order chi connectivity index (χ0) is 15.7. The van der Waals surface area contributed by atoms with Crippen molar-refractivity contribution in [3.63, 3.8) is 0 Å². The molecule has 1 amide bonds. The molecule has 2 aromatic rings. The van der Waals surface area contributed by atoms with Gasteiger partial charge in [0.05, 0.1) is 0 Å². The zero-order valence-electron chi connectivity index (χ0n) is 13.5. The van der Waals surface area contributed by atoms with Crippen molar-refractivity contribution < 1.29 is 4.79 Å². The lowest BCUT2D eigenvalue weighted by molar-refractivity contribution is 0.0732. The van der Waals surface area contributed by atoms with Crippen LogP contribution in [-0.2, 0) is 5.41 Å². The molecule has 0 bridgehead atoms. The van der Waals surface area contributed by atoms with Crippen LogP contribution >= 0.6 is 0 Å². The standard InChI is InChI=1S/C18H23N3O/c1-18(2,3)14-5-4-13-6-7-20-16(15(13)12-14)17(22)21-10-8-19-9-11-21/h4-7,12,19H,8-11H2,1-3H3. The number of hydrogen-bond acceptors (Lipinski definition) is 3. The molecule has 2 heterocycles. The van der Waals surface area contributed by atoms with Crippen LogP contribution < -0.4 is 5.32 Å². The average Bonchev–Trinajstić information content (AvgIpc) is 2.53. The number of aromatic nitrogens is 1. The van der Waals surface area contributed by atoms with Crippen LogP contribution in [0.25, 0.3) is 10.8 Å². The number of pyridine rings is 1. The van der Waals surface area contributed by atoms with Gasteiger partial charge in [-0.3, -0.25) is 9.78 Å². The van der Waals surface area contributed by atoms with Crippen LogP contribution in [0, 0.1) is 0 Å². The molecule has 4 nitrogen and oxygen atoms in total. The van der Waals surface area contributed by atoms with E-state index in [1.165, 1.54) is 5.56 Å². The van der Waals surface area contributed by atoms with Crippen molar-refractivity contribution in [1.29, 1.82) is 0 Å². The largest absolute Gasteiger partial charge is 0.335 e. The summed E-state index contributed by atoms with van der Waals surface area (Å²) in [5.41, 5.74) is 1.85. The summed E-state index contributed by atoms with van der Waals surface area (Å²) < 4.78 is 0. The summed E-state index contributed by atoms with van der Waals surface area (Å²) in [6.07, 6.45) is 1.73. The molecule has 1 aromatic heterocycles. The molecule has 3 rings (SSSR count). The highest BCUT2D eigenvalue weighted by atomic mass is 16.2. The van der Waals surface area contributed by atoms with Crippen LogP contribution in [0.15, 0.2) is 30.5 Å². The van der Waals surface area contributed by atoms with E-state index in [4.69, 9.17) is 0 Å². The Hall–Kier alpha value is -1.94. The Morgan fingerprint density at radius 1 is 1.18 bits per heavy atom.